The Labute approximate surface area is 190 Å². The number of aryl methyl sites for hydroxylation is 1. The van der Waals surface area contributed by atoms with Gasteiger partial charge in [0.1, 0.15) is 0 Å². The van der Waals surface area contributed by atoms with Crippen molar-refractivity contribution in [3.05, 3.63) is 88.6 Å². The van der Waals surface area contributed by atoms with Crippen molar-refractivity contribution >= 4 is 39.4 Å². The van der Waals surface area contributed by atoms with Gasteiger partial charge in [0.15, 0.2) is 5.65 Å². The first-order valence-corrected chi connectivity index (χ1v) is 10.9. The normalized spacial score (nSPS) is 11.9. The van der Waals surface area contributed by atoms with E-state index in [-0.39, 0.29) is 5.91 Å². The fourth-order valence-electron chi connectivity index (χ4n) is 3.85. The number of hydrogen-bond donors (Lipinski definition) is 1. The molecule has 0 atom stereocenters. The fraction of sp³-hybridized carbons (Fsp3) is 0.125. The highest BCUT2D eigenvalue weighted by atomic mass is 32.1. The number of benzene rings is 2. The van der Waals surface area contributed by atoms with Crippen molar-refractivity contribution in [3.8, 4) is 5.69 Å². The number of carbonyl (C=O) groups excluding carboxylic acids is 1. The van der Waals surface area contributed by atoms with E-state index in [9.17, 15) is 18.0 Å². The quantitative estimate of drug-likeness (QED) is 0.359. The van der Waals surface area contributed by atoms with Gasteiger partial charge in [-0.05, 0) is 73.1 Å². The van der Waals surface area contributed by atoms with Crippen molar-refractivity contribution in [2.75, 3.05) is 0 Å². The molecule has 3 heterocycles. The van der Waals surface area contributed by atoms with Gasteiger partial charge in [-0.15, -0.1) is 0 Å². The predicted molar refractivity (Wildman–Crippen MR) is 122 cm³/mol. The zero-order chi connectivity index (χ0) is 23.2. The SMILES string of the molecule is Cc1snc2c1c1cc(C(=O)NCc3ccccn3)ccc1n2-c1ccc(C(F)(F)F)cc1. The molecule has 1 amide bonds. The number of fused-ring (bicyclic) bond motifs is 3. The number of alkyl halides is 3. The molecule has 33 heavy (non-hydrogen) atoms. The molecule has 0 aliphatic carbocycles. The minimum absolute atomic E-state index is 0.237. The van der Waals surface area contributed by atoms with E-state index >= 15 is 0 Å². The summed E-state index contributed by atoms with van der Waals surface area (Å²) in [7, 11) is 0. The standard InChI is InChI=1S/C24H17F3N4OS/c1-14-21-19-12-15(23(32)29-13-17-4-2-3-11-28-17)5-10-20(19)31(22(21)30-33-14)18-8-6-16(7-9-18)24(25,26)27/h2-12H,13H2,1H3,(H,29,32). The largest absolute Gasteiger partial charge is 0.416 e. The van der Waals surface area contributed by atoms with Gasteiger partial charge in [-0.25, -0.2) is 0 Å². The van der Waals surface area contributed by atoms with Crippen LogP contribution in [0.5, 0.6) is 0 Å². The number of pyridine rings is 1. The van der Waals surface area contributed by atoms with Crippen molar-refractivity contribution in [2.24, 2.45) is 0 Å². The lowest BCUT2D eigenvalue weighted by molar-refractivity contribution is -0.137. The van der Waals surface area contributed by atoms with E-state index in [1.165, 1.54) is 23.7 Å². The van der Waals surface area contributed by atoms with Gasteiger partial charge in [0.25, 0.3) is 5.91 Å². The van der Waals surface area contributed by atoms with E-state index in [2.05, 4.69) is 14.7 Å². The summed E-state index contributed by atoms with van der Waals surface area (Å²) < 4.78 is 45.4. The fourth-order valence-corrected chi connectivity index (χ4v) is 4.54. The molecule has 0 bridgehead atoms. The van der Waals surface area contributed by atoms with E-state index < -0.39 is 11.7 Å². The summed E-state index contributed by atoms with van der Waals surface area (Å²) in [5, 5.41) is 4.57. The average Bonchev–Trinajstić information content (AvgIpc) is 3.34. The number of halogens is 3. The molecule has 0 fully saturated rings. The number of nitrogens with zero attached hydrogens (tertiary/aromatic N) is 3. The summed E-state index contributed by atoms with van der Waals surface area (Å²) >= 11 is 1.32. The molecule has 0 spiro atoms. The third-order valence-corrected chi connectivity index (χ3v) is 6.18. The van der Waals surface area contributed by atoms with Crippen LogP contribution in [-0.2, 0) is 12.7 Å². The van der Waals surface area contributed by atoms with Crippen LogP contribution >= 0.6 is 11.5 Å². The molecule has 0 unspecified atom stereocenters. The third kappa shape index (κ3) is 3.84. The lowest BCUT2D eigenvalue weighted by Crippen LogP contribution is -2.23. The second-order valence-electron chi connectivity index (χ2n) is 7.55. The van der Waals surface area contributed by atoms with Gasteiger partial charge in [0.05, 0.1) is 23.3 Å². The van der Waals surface area contributed by atoms with Crippen molar-refractivity contribution < 1.29 is 18.0 Å². The van der Waals surface area contributed by atoms with Crippen LogP contribution in [0.15, 0.2) is 66.9 Å². The van der Waals surface area contributed by atoms with Crippen molar-refractivity contribution in [1.29, 1.82) is 0 Å². The highest BCUT2D eigenvalue weighted by Crippen LogP contribution is 2.37. The Morgan fingerprint density at radius 3 is 2.58 bits per heavy atom. The first kappa shape index (κ1) is 21.1. The first-order chi connectivity index (χ1) is 15.8. The number of rotatable bonds is 4. The van der Waals surface area contributed by atoms with E-state index in [1.807, 2.05) is 29.7 Å². The maximum Gasteiger partial charge on any atom is 0.416 e. The minimum atomic E-state index is -4.40. The number of carbonyl (C=O) groups is 1. The Balaban J connectivity index is 1.55. The molecule has 0 radical (unpaired) electrons. The van der Waals surface area contributed by atoms with Gasteiger partial charge >= 0.3 is 6.18 Å². The van der Waals surface area contributed by atoms with Crippen molar-refractivity contribution in [2.45, 2.75) is 19.6 Å². The number of aromatic nitrogens is 3. The van der Waals surface area contributed by atoms with Gasteiger partial charge in [-0.3, -0.25) is 14.3 Å². The van der Waals surface area contributed by atoms with Crippen LogP contribution in [0.2, 0.25) is 0 Å². The lowest BCUT2D eigenvalue weighted by atomic mass is 10.1. The topological polar surface area (TPSA) is 59.8 Å². The zero-order valence-corrected chi connectivity index (χ0v) is 18.2. The minimum Gasteiger partial charge on any atom is -0.346 e. The molecule has 5 nitrogen and oxygen atoms in total. The Bertz CT molecular complexity index is 1470. The molecule has 0 aliphatic heterocycles. The maximum absolute atomic E-state index is 13.0. The van der Waals surface area contributed by atoms with E-state index in [0.29, 0.717) is 23.4 Å². The Hall–Kier alpha value is -3.72. The van der Waals surface area contributed by atoms with Gasteiger partial charge in [-0.2, -0.15) is 17.5 Å². The zero-order valence-electron chi connectivity index (χ0n) is 17.3. The van der Waals surface area contributed by atoms with Gasteiger partial charge in [0, 0.05) is 33.1 Å². The van der Waals surface area contributed by atoms with Crippen LogP contribution in [0.4, 0.5) is 13.2 Å². The molecule has 1 N–H and O–H groups in total. The van der Waals surface area contributed by atoms with Crippen LogP contribution in [0, 0.1) is 6.92 Å². The number of hydrogen-bond acceptors (Lipinski definition) is 4. The molecule has 3 aromatic heterocycles. The number of nitrogens with one attached hydrogen (secondary N) is 1. The molecule has 5 rings (SSSR count). The van der Waals surface area contributed by atoms with Gasteiger partial charge in [0.2, 0.25) is 0 Å². The Kier molecular flexibility index (Phi) is 5.13. The molecule has 166 valence electrons. The molecule has 0 aliphatic rings. The van der Waals surface area contributed by atoms with Gasteiger partial charge < -0.3 is 5.32 Å². The first-order valence-electron chi connectivity index (χ1n) is 10.1. The van der Waals surface area contributed by atoms with Crippen molar-refractivity contribution in [3.63, 3.8) is 0 Å². The molecule has 9 heteroatoms. The maximum atomic E-state index is 13.0. The monoisotopic (exact) mass is 466 g/mol. The molecule has 5 aromatic rings. The Morgan fingerprint density at radius 2 is 1.88 bits per heavy atom. The van der Waals surface area contributed by atoms with Crippen LogP contribution in [0.1, 0.15) is 26.5 Å². The van der Waals surface area contributed by atoms with Crippen LogP contribution in [0.25, 0.3) is 27.6 Å². The summed E-state index contributed by atoms with van der Waals surface area (Å²) in [5.41, 5.74) is 2.51. The van der Waals surface area contributed by atoms with E-state index in [1.54, 1.807) is 24.4 Å². The molecule has 0 saturated heterocycles. The lowest BCUT2D eigenvalue weighted by Gasteiger charge is -2.10. The predicted octanol–water partition coefficient (Wildman–Crippen LogP) is 5.89. The van der Waals surface area contributed by atoms with Crippen molar-refractivity contribution in [1.82, 2.24) is 19.2 Å². The smallest absolute Gasteiger partial charge is 0.346 e. The second kappa shape index (κ2) is 8.00. The summed E-state index contributed by atoms with van der Waals surface area (Å²) in [5.74, 6) is -0.237. The number of amides is 1. The van der Waals surface area contributed by atoms with Crippen LogP contribution in [-0.4, -0.2) is 19.8 Å². The highest BCUT2D eigenvalue weighted by Gasteiger charge is 2.30. The molecular formula is C24H17F3N4OS. The summed E-state index contributed by atoms with van der Waals surface area (Å²) in [4.78, 5) is 17.9. The van der Waals surface area contributed by atoms with E-state index in [4.69, 9.17) is 0 Å². The van der Waals surface area contributed by atoms with Crippen LogP contribution < -0.4 is 5.32 Å². The van der Waals surface area contributed by atoms with E-state index in [0.717, 1.165) is 39.0 Å². The average molecular weight is 466 g/mol. The summed E-state index contributed by atoms with van der Waals surface area (Å²) in [6.07, 6.45) is -2.73. The molecular weight excluding hydrogens is 449 g/mol. The summed E-state index contributed by atoms with van der Waals surface area (Å²) in [6, 6.07) is 15.8. The molecule has 2 aromatic carbocycles. The second-order valence-corrected chi connectivity index (χ2v) is 8.53. The summed E-state index contributed by atoms with van der Waals surface area (Å²) in [6.45, 7) is 2.24. The third-order valence-electron chi connectivity index (χ3n) is 5.43. The van der Waals surface area contributed by atoms with Gasteiger partial charge in [-0.1, -0.05) is 6.07 Å². The highest BCUT2D eigenvalue weighted by molar-refractivity contribution is 7.07. The molecule has 0 saturated carbocycles. The van der Waals surface area contributed by atoms with Crippen LogP contribution in [0.3, 0.4) is 0 Å². The Morgan fingerprint density at radius 1 is 1.09 bits per heavy atom.